The Hall–Kier alpha value is -1.84. The van der Waals surface area contributed by atoms with Crippen molar-refractivity contribution in [2.45, 2.75) is 19.0 Å². The minimum absolute atomic E-state index is 0.0706. The van der Waals surface area contributed by atoms with Gasteiger partial charge in [-0.1, -0.05) is 47.5 Å². The van der Waals surface area contributed by atoms with Crippen molar-refractivity contribution in [3.05, 3.63) is 64.7 Å². The molecule has 3 nitrogen and oxygen atoms in total. The summed E-state index contributed by atoms with van der Waals surface area (Å²) in [6.45, 7) is 2.01. The van der Waals surface area contributed by atoms with Gasteiger partial charge >= 0.3 is 0 Å². The normalized spacial score (nSPS) is 21.8. The molecule has 1 aliphatic heterocycles. The van der Waals surface area contributed by atoms with Gasteiger partial charge in [0.1, 0.15) is 6.04 Å². The number of hydrogen-bond donors (Lipinski definition) is 1. The molecular formula is C16H15ClN2O. The third kappa shape index (κ3) is 1.99. The molecule has 1 aliphatic rings. The molecule has 0 bridgehead atoms. The highest BCUT2D eigenvalue weighted by Crippen LogP contribution is 2.40. The van der Waals surface area contributed by atoms with Gasteiger partial charge in [0.25, 0.3) is 0 Å². The predicted octanol–water partition coefficient (Wildman–Crippen LogP) is 3.06. The van der Waals surface area contributed by atoms with Crippen LogP contribution in [0.2, 0.25) is 5.02 Å². The number of anilines is 1. The van der Waals surface area contributed by atoms with E-state index in [4.69, 9.17) is 17.3 Å². The standard InChI is InChI=1S/C16H15ClN2O/c1-10-6-8-11(9-7-10)19-15(14(18)16(19)20)12-4-2-3-5-13(12)17/h2-9,14-15H,18H2,1H3/t14-,15+/m0/s1. The molecule has 1 heterocycles. The van der Waals surface area contributed by atoms with Crippen molar-refractivity contribution >= 4 is 23.2 Å². The molecule has 102 valence electrons. The van der Waals surface area contributed by atoms with Gasteiger partial charge in [-0.15, -0.1) is 0 Å². The van der Waals surface area contributed by atoms with Crippen LogP contribution in [0.25, 0.3) is 0 Å². The summed E-state index contributed by atoms with van der Waals surface area (Å²) in [6, 6.07) is 14.6. The molecule has 2 atom stereocenters. The van der Waals surface area contributed by atoms with Gasteiger partial charge in [-0.05, 0) is 30.7 Å². The van der Waals surface area contributed by atoms with Crippen LogP contribution in [0.1, 0.15) is 17.2 Å². The molecule has 1 amide bonds. The first-order valence-corrected chi connectivity index (χ1v) is 6.87. The average Bonchev–Trinajstić information content (AvgIpc) is 2.46. The highest BCUT2D eigenvalue weighted by molar-refractivity contribution is 6.31. The fraction of sp³-hybridized carbons (Fsp3) is 0.188. The van der Waals surface area contributed by atoms with E-state index in [1.165, 1.54) is 0 Å². The summed E-state index contributed by atoms with van der Waals surface area (Å²) in [6.07, 6.45) is 0. The molecular weight excluding hydrogens is 272 g/mol. The van der Waals surface area contributed by atoms with E-state index in [-0.39, 0.29) is 11.9 Å². The number of benzene rings is 2. The number of aryl methyl sites for hydroxylation is 1. The Morgan fingerprint density at radius 3 is 2.40 bits per heavy atom. The largest absolute Gasteiger partial charge is 0.318 e. The molecule has 0 aromatic heterocycles. The summed E-state index contributed by atoms with van der Waals surface area (Å²) in [4.78, 5) is 13.8. The monoisotopic (exact) mass is 286 g/mol. The van der Waals surface area contributed by atoms with Gasteiger partial charge in [0.05, 0.1) is 6.04 Å². The van der Waals surface area contributed by atoms with Gasteiger partial charge in [-0.25, -0.2) is 0 Å². The molecule has 0 unspecified atom stereocenters. The van der Waals surface area contributed by atoms with Crippen molar-refractivity contribution in [2.24, 2.45) is 5.73 Å². The molecule has 3 rings (SSSR count). The second-order valence-electron chi connectivity index (χ2n) is 5.04. The van der Waals surface area contributed by atoms with Gasteiger partial charge in [-0.3, -0.25) is 4.79 Å². The smallest absolute Gasteiger partial charge is 0.247 e. The zero-order chi connectivity index (χ0) is 14.3. The summed E-state index contributed by atoms with van der Waals surface area (Å²) >= 11 is 6.23. The van der Waals surface area contributed by atoms with E-state index in [0.717, 1.165) is 16.8 Å². The lowest BCUT2D eigenvalue weighted by Gasteiger charge is -2.45. The Morgan fingerprint density at radius 2 is 1.75 bits per heavy atom. The van der Waals surface area contributed by atoms with E-state index in [9.17, 15) is 4.79 Å². The Kier molecular flexibility index (Phi) is 3.24. The quantitative estimate of drug-likeness (QED) is 0.863. The summed E-state index contributed by atoms with van der Waals surface area (Å²) in [7, 11) is 0. The predicted molar refractivity (Wildman–Crippen MR) is 80.8 cm³/mol. The van der Waals surface area contributed by atoms with Crippen LogP contribution in [-0.4, -0.2) is 11.9 Å². The third-order valence-electron chi connectivity index (χ3n) is 3.68. The molecule has 2 N–H and O–H groups in total. The third-order valence-corrected chi connectivity index (χ3v) is 4.02. The Bertz CT molecular complexity index is 654. The van der Waals surface area contributed by atoms with Crippen molar-refractivity contribution in [3.63, 3.8) is 0 Å². The molecule has 20 heavy (non-hydrogen) atoms. The van der Waals surface area contributed by atoms with E-state index in [2.05, 4.69) is 0 Å². The summed E-state index contributed by atoms with van der Waals surface area (Å²) in [5.41, 5.74) is 8.87. The summed E-state index contributed by atoms with van der Waals surface area (Å²) in [5.74, 6) is -0.0706. The molecule has 0 spiro atoms. The number of β-lactam (4-membered cyclic amide) rings is 1. The Morgan fingerprint density at radius 1 is 1.10 bits per heavy atom. The van der Waals surface area contributed by atoms with Gasteiger partial charge in [-0.2, -0.15) is 0 Å². The Labute approximate surface area is 123 Å². The minimum Gasteiger partial charge on any atom is -0.318 e. The number of halogens is 1. The van der Waals surface area contributed by atoms with Gasteiger partial charge in [0.2, 0.25) is 5.91 Å². The van der Waals surface area contributed by atoms with Crippen LogP contribution in [0.5, 0.6) is 0 Å². The van der Waals surface area contributed by atoms with Crippen LogP contribution in [0, 0.1) is 6.92 Å². The van der Waals surface area contributed by atoms with Crippen molar-refractivity contribution in [2.75, 3.05) is 4.90 Å². The number of nitrogens with zero attached hydrogens (tertiary/aromatic N) is 1. The number of amides is 1. The molecule has 2 aromatic carbocycles. The van der Waals surface area contributed by atoms with Crippen LogP contribution in [0.3, 0.4) is 0 Å². The molecule has 0 aliphatic carbocycles. The van der Waals surface area contributed by atoms with Crippen molar-refractivity contribution in [3.8, 4) is 0 Å². The summed E-state index contributed by atoms with van der Waals surface area (Å²) in [5, 5.41) is 0.637. The maximum atomic E-state index is 12.1. The van der Waals surface area contributed by atoms with Crippen LogP contribution in [0.15, 0.2) is 48.5 Å². The van der Waals surface area contributed by atoms with E-state index < -0.39 is 6.04 Å². The van der Waals surface area contributed by atoms with E-state index in [1.54, 1.807) is 4.90 Å². The first-order chi connectivity index (χ1) is 9.59. The number of nitrogens with two attached hydrogens (primary N) is 1. The van der Waals surface area contributed by atoms with Crippen LogP contribution >= 0.6 is 11.6 Å². The molecule has 0 saturated carbocycles. The van der Waals surface area contributed by atoms with Crippen molar-refractivity contribution < 1.29 is 4.79 Å². The lowest BCUT2D eigenvalue weighted by molar-refractivity contribution is -0.126. The lowest BCUT2D eigenvalue weighted by Crippen LogP contribution is -2.63. The summed E-state index contributed by atoms with van der Waals surface area (Å²) < 4.78 is 0. The maximum Gasteiger partial charge on any atom is 0.247 e. The highest BCUT2D eigenvalue weighted by Gasteiger charge is 2.47. The minimum atomic E-state index is -0.531. The molecule has 1 fully saturated rings. The first-order valence-electron chi connectivity index (χ1n) is 6.49. The molecule has 0 radical (unpaired) electrons. The molecule has 4 heteroatoms. The lowest BCUT2D eigenvalue weighted by atomic mass is 9.88. The molecule has 2 aromatic rings. The second kappa shape index (κ2) is 4.93. The van der Waals surface area contributed by atoms with Crippen LogP contribution in [0.4, 0.5) is 5.69 Å². The Balaban J connectivity index is 2.00. The van der Waals surface area contributed by atoms with Crippen LogP contribution in [-0.2, 0) is 4.79 Å². The number of carbonyl (C=O) groups is 1. The molecule has 1 saturated heterocycles. The first kappa shape index (κ1) is 13.2. The topological polar surface area (TPSA) is 46.3 Å². The van der Waals surface area contributed by atoms with E-state index in [1.807, 2.05) is 55.5 Å². The SMILES string of the molecule is Cc1ccc(N2C(=O)[C@@H](N)[C@H]2c2ccccc2Cl)cc1. The van der Waals surface area contributed by atoms with Crippen molar-refractivity contribution in [1.82, 2.24) is 0 Å². The van der Waals surface area contributed by atoms with Gasteiger partial charge in [0, 0.05) is 10.7 Å². The van der Waals surface area contributed by atoms with Crippen LogP contribution < -0.4 is 10.6 Å². The number of rotatable bonds is 2. The van der Waals surface area contributed by atoms with Crippen molar-refractivity contribution in [1.29, 1.82) is 0 Å². The van der Waals surface area contributed by atoms with Gasteiger partial charge < -0.3 is 10.6 Å². The number of carbonyl (C=O) groups excluding carboxylic acids is 1. The fourth-order valence-corrected chi connectivity index (χ4v) is 2.80. The van der Waals surface area contributed by atoms with E-state index >= 15 is 0 Å². The highest BCUT2D eigenvalue weighted by atomic mass is 35.5. The second-order valence-corrected chi connectivity index (χ2v) is 5.44. The zero-order valence-corrected chi connectivity index (χ0v) is 11.8. The maximum absolute atomic E-state index is 12.1. The average molecular weight is 287 g/mol. The number of hydrogen-bond acceptors (Lipinski definition) is 2. The van der Waals surface area contributed by atoms with Gasteiger partial charge in [0.15, 0.2) is 0 Å². The zero-order valence-electron chi connectivity index (χ0n) is 11.1. The fourth-order valence-electron chi connectivity index (χ4n) is 2.55. The van der Waals surface area contributed by atoms with E-state index in [0.29, 0.717) is 5.02 Å².